The first-order chi connectivity index (χ1) is 8.59. The number of hydrogen-bond acceptors (Lipinski definition) is 4. The minimum absolute atomic E-state index is 0.254. The molecule has 2 rings (SSSR count). The smallest absolute Gasteiger partial charge is 0.327 e. The maximum atomic E-state index is 12.2. The molecule has 18 heavy (non-hydrogen) atoms. The predicted molar refractivity (Wildman–Crippen MR) is 68.8 cm³/mol. The predicted octanol–water partition coefficient (Wildman–Crippen LogP) is 1.03. The van der Waals surface area contributed by atoms with E-state index in [2.05, 4.69) is 4.98 Å². The quantitative estimate of drug-likeness (QED) is 0.865. The average molecular weight is 266 g/mol. The molecule has 1 N–H and O–H groups in total. The minimum atomic E-state index is -0.948. The van der Waals surface area contributed by atoms with Gasteiger partial charge >= 0.3 is 5.97 Å². The Labute approximate surface area is 109 Å². The largest absolute Gasteiger partial charge is 0.480 e. The molecule has 2 heterocycles. The van der Waals surface area contributed by atoms with Crippen molar-refractivity contribution in [2.24, 2.45) is 0 Å². The molecule has 0 aliphatic carbocycles. The molecule has 1 aliphatic rings. The van der Waals surface area contributed by atoms with Gasteiger partial charge in [0.2, 0.25) is 0 Å². The summed E-state index contributed by atoms with van der Waals surface area (Å²) in [4.78, 5) is 28.9. The Kier molecular flexibility index (Phi) is 3.86. The van der Waals surface area contributed by atoms with Crippen LogP contribution in [0.1, 0.15) is 16.1 Å². The highest BCUT2D eigenvalue weighted by Gasteiger charge is 2.32. The third-order valence-electron chi connectivity index (χ3n) is 2.83. The van der Waals surface area contributed by atoms with Crippen LogP contribution in [0.2, 0.25) is 0 Å². The van der Waals surface area contributed by atoms with E-state index in [9.17, 15) is 9.59 Å². The van der Waals surface area contributed by atoms with Crippen molar-refractivity contribution in [3.63, 3.8) is 0 Å². The zero-order valence-corrected chi connectivity index (χ0v) is 10.8. The summed E-state index contributed by atoms with van der Waals surface area (Å²) in [5.74, 6) is 0.0145. The van der Waals surface area contributed by atoms with E-state index >= 15 is 0 Å². The number of thioether (sulfide) groups is 1. The molecule has 0 bridgehead atoms. The molecule has 1 aromatic rings. The fraction of sp³-hybridized carbons (Fsp3) is 0.417. The number of carbonyl (C=O) groups is 2. The molecule has 1 amide bonds. The van der Waals surface area contributed by atoms with Gasteiger partial charge in [0, 0.05) is 29.9 Å². The van der Waals surface area contributed by atoms with Crippen LogP contribution in [-0.4, -0.2) is 51.0 Å². The van der Waals surface area contributed by atoms with Gasteiger partial charge in [-0.2, -0.15) is 11.8 Å². The molecule has 1 saturated heterocycles. The third kappa shape index (κ3) is 2.64. The van der Waals surface area contributed by atoms with E-state index in [0.717, 1.165) is 11.4 Å². The van der Waals surface area contributed by atoms with Crippen molar-refractivity contribution in [1.82, 2.24) is 9.88 Å². The molecule has 96 valence electrons. The Bertz CT molecular complexity index is 461. The molecule has 1 aliphatic heterocycles. The Hall–Kier alpha value is -1.56. The number of aromatic nitrogens is 1. The van der Waals surface area contributed by atoms with E-state index < -0.39 is 12.0 Å². The summed E-state index contributed by atoms with van der Waals surface area (Å²) >= 11 is 1.56. The fourth-order valence-corrected chi connectivity index (χ4v) is 2.85. The van der Waals surface area contributed by atoms with Crippen molar-refractivity contribution in [1.29, 1.82) is 0 Å². The summed E-state index contributed by atoms with van der Waals surface area (Å²) in [7, 11) is 0. The topological polar surface area (TPSA) is 70.5 Å². The van der Waals surface area contributed by atoms with E-state index in [-0.39, 0.29) is 5.91 Å². The summed E-state index contributed by atoms with van der Waals surface area (Å²) in [6.45, 7) is 2.31. The maximum absolute atomic E-state index is 12.2. The molecule has 1 atom stereocenters. The Balaban J connectivity index is 2.20. The number of pyridine rings is 1. The number of amides is 1. The van der Waals surface area contributed by atoms with E-state index in [1.54, 1.807) is 23.9 Å². The maximum Gasteiger partial charge on any atom is 0.327 e. The van der Waals surface area contributed by atoms with Crippen molar-refractivity contribution in [3.8, 4) is 0 Å². The van der Waals surface area contributed by atoms with E-state index in [0.29, 0.717) is 17.9 Å². The average Bonchev–Trinajstić information content (AvgIpc) is 2.39. The molecule has 5 nitrogen and oxygen atoms in total. The molecule has 0 radical (unpaired) electrons. The van der Waals surface area contributed by atoms with Crippen molar-refractivity contribution < 1.29 is 14.7 Å². The van der Waals surface area contributed by atoms with Crippen LogP contribution in [-0.2, 0) is 4.79 Å². The second-order valence-electron chi connectivity index (χ2n) is 4.12. The van der Waals surface area contributed by atoms with Crippen molar-refractivity contribution in [2.45, 2.75) is 13.0 Å². The lowest BCUT2D eigenvalue weighted by atomic mass is 10.2. The highest BCUT2D eigenvalue weighted by atomic mass is 32.2. The number of hydrogen-bond donors (Lipinski definition) is 1. The number of carbonyl (C=O) groups excluding carboxylic acids is 1. The lowest BCUT2D eigenvalue weighted by Crippen LogP contribution is -2.50. The van der Waals surface area contributed by atoms with Crippen LogP contribution in [0.4, 0.5) is 0 Å². The molecule has 0 saturated carbocycles. The minimum Gasteiger partial charge on any atom is -0.480 e. The van der Waals surface area contributed by atoms with Gasteiger partial charge in [-0.3, -0.25) is 9.78 Å². The first-order valence-electron chi connectivity index (χ1n) is 5.64. The van der Waals surface area contributed by atoms with Crippen LogP contribution in [0, 0.1) is 6.92 Å². The summed E-state index contributed by atoms with van der Waals surface area (Å²) in [6, 6.07) is 2.70. The van der Waals surface area contributed by atoms with Gasteiger partial charge in [0.05, 0.1) is 5.56 Å². The highest BCUT2D eigenvalue weighted by molar-refractivity contribution is 7.99. The van der Waals surface area contributed by atoms with Crippen LogP contribution in [0.5, 0.6) is 0 Å². The fourth-order valence-electron chi connectivity index (χ4n) is 1.81. The Morgan fingerprint density at radius 3 is 2.89 bits per heavy atom. The molecule has 1 aromatic heterocycles. The van der Waals surface area contributed by atoms with Gasteiger partial charge in [-0.15, -0.1) is 0 Å². The summed E-state index contributed by atoms with van der Waals surface area (Å²) < 4.78 is 0. The first-order valence-corrected chi connectivity index (χ1v) is 6.79. The van der Waals surface area contributed by atoms with Gasteiger partial charge in [-0.25, -0.2) is 4.79 Å². The second-order valence-corrected chi connectivity index (χ2v) is 5.27. The van der Waals surface area contributed by atoms with Crippen molar-refractivity contribution >= 4 is 23.6 Å². The normalized spacial score (nSPS) is 19.6. The third-order valence-corrected chi connectivity index (χ3v) is 3.86. The molecule has 6 heteroatoms. The number of rotatable bonds is 2. The summed E-state index contributed by atoms with van der Waals surface area (Å²) in [5, 5.41) is 9.13. The number of aliphatic carboxylic acids is 1. The zero-order valence-electron chi connectivity index (χ0n) is 10.00. The molecule has 0 aromatic carbocycles. The molecular weight excluding hydrogens is 252 g/mol. The van der Waals surface area contributed by atoms with Crippen molar-refractivity contribution in [2.75, 3.05) is 18.1 Å². The molecule has 1 fully saturated rings. The van der Waals surface area contributed by atoms with Gasteiger partial charge in [-0.1, -0.05) is 0 Å². The number of aryl methyl sites for hydroxylation is 1. The van der Waals surface area contributed by atoms with Gasteiger partial charge in [-0.05, 0) is 19.1 Å². The van der Waals surface area contributed by atoms with Gasteiger partial charge in [0.25, 0.3) is 5.91 Å². The molecule has 1 unspecified atom stereocenters. The lowest BCUT2D eigenvalue weighted by molar-refractivity contribution is -0.141. The van der Waals surface area contributed by atoms with Gasteiger partial charge in [0.1, 0.15) is 6.04 Å². The molecular formula is C12H14N2O3S. The van der Waals surface area contributed by atoms with Crippen LogP contribution in [0.25, 0.3) is 0 Å². The molecule has 0 spiro atoms. The van der Waals surface area contributed by atoms with Crippen LogP contribution < -0.4 is 0 Å². The van der Waals surface area contributed by atoms with Crippen molar-refractivity contribution in [3.05, 3.63) is 29.6 Å². The standard InChI is InChI=1S/C12H14N2O3S/c1-8-2-3-9(6-13-8)11(15)14-4-5-18-7-10(14)12(16)17/h2-3,6,10H,4-5,7H2,1H3,(H,16,17). The number of nitrogens with zero attached hydrogens (tertiary/aromatic N) is 2. The van der Waals surface area contributed by atoms with E-state index in [1.165, 1.54) is 11.1 Å². The Morgan fingerprint density at radius 1 is 1.50 bits per heavy atom. The number of carboxylic acids is 1. The van der Waals surface area contributed by atoms with Gasteiger partial charge < -0.3 is 10.0 Å². The SMILES string of the molecule is Cc1ccc(C(=O)N2CCSCC2C(=O)O)cn1. The van der Waals surface area contributed by atoms with Crippen LogP contribution >= 0.6 is 11.8 Å². The van der Waals surface area contributed by atoms with Gasteiger partial charge in [0.15, 0.2) is 0 Å². The first kappa shape index (κ1) is 12.9. The van der Waals surface area contributed by atoms with E-state index in [1.807, 2.05) is 6.92 Å². The van der Waals surface area contributed by atoms with E-state index in [4.69, 9.17) is 5.11 Å². The Morgan fingerprint density at radius 2 is 2.28 bits per heavy atom. The monoisotopic (exact) mass is 266 g/mol. The zero-order chi connectivity index (χ0) is 13.1. The lowest BCUT2D eigenvalue weighted by Gasteiger charge is -2.32. The summed E-state index contributed by atoms with van der Waals surface area (Å²) in [6.07, 6.45) is 1.50. The van der Waals surface area contributed by atoms with Crippen LogP contribution in [0.15, 0.2) is 18.3 Å². The second kappa shape index (κ2) is 5.39. The highest BCUT2D eigenvalue weighted by Crippen LogP contribution is 2.19. The summed E-state index contributed by atoms with van der Waals surface area (Å²) in [5.41, 5.74) is 1.27. The van der Waals surface area contributed by atoms with Crippen LogP contribution in [0.3, 0.4) is 0 Å². The number of carboxylic acid groups (broad SMARTS) is 1.